The van der Waals surface area contributed by atoms with Crippen molar-refractivity contribution in [1.29, 1.82) is 0 Å². The van der Waals surface area contributed by atoms with Crippen molar-refractivity contribution in [3.63, 3.8) is 0 Å². The number of ether oxygens (including phenoxy) is 7. The average Bonchev–Trinajstić information content (AvgIpc) is 3.44. The molecule has 13 nitrogen and oxygen atoms in total. The van der Waals surface area contributed by atoms with Crippen LogP contribution in [-0.4, -0.2) is 107 Å². The lowest BCUT2D eigenvalue weighted by Crippen LogP contribution is -2.58. The third kappa shape index (κ3) is 7.86. The fourth-order valence-electron chi connectivity index (χ4n) is 9.05. The molecule has 1 aliphatic carbocycles. The van der Waals surface area contributed by atoms with Gasteiger partial charge in [0.15, 0.2) is 12.1 Å². The molecule has 2 N–H and O–H groups in total. The number of hydrogen-bond donors (Lipinski definition) is 2. The van der Waals surface area contributed by atoms with Crippen molar-refractivity contribution in [2.45, 2.75) is 147 Å². The van der Waals surface area contributed by atoms with Crippen LogP contribution < -0.4 is 0 Å². The number of nitrogens with zero attached hydrogens (tertiary/aromatic N) is 1. The minimum absolute atomic E-state index is 0.0143. The molecule has 0 aromatic carbocycles. The van der Waals surface area contributed by atoms with Gasteiger partial charge >= 0.3 is 5.97 Å². The summed E-state index contributed by atoms with van der Waals surface area (Å²) in [6, 6.07) is -1.02. The Labute approximate surface area is 312 Å². The van der Waals surface area contributed by atoms with Crippen molar-refractivity contribution in [2.24, 2.45) is 23.7 Å². The normalized spacial score (nSPS) is 47.5. The van der Waals surface area contributed by atoms with E-state index in [-0.39, 0.29) is 48.2 Å². The smallest absolute Gasteiger partial charge is 0.316 e. The first-order valence-corrected chi connectivity index (χ1v) is 19.0. The Morgan fingerprint density at radius 3 is 2.51 bits per heavy atom. The number of nitro groups is 1. The Morgan fingerprint density at radius 1 is 1.06 bits per heavy atom. The van der Waals surface area contributed by atoms with Gasteiger partial charge in [0, 0.05) is 43.1 Å². The van der Waals surface area contributed by atoms with Gasteiger partial charge in [-0.15, -0.1) is 0 Å². The van der Waals surface area contributed by atoms with Gasteiger partial charge in [-0.05, 0) is 55.9 Å². The van der Waals surface area contributed by atoms with Gasteiger partial charge in [-0.1, -0.05) is 64.2 Å². The lowest BCUT2D eigenvalue weighted by atomic mass is 9.71. The fourth-order valence-corrected chi connectivity index (χ4v) is 9.05. The lowest BCUT2D eigenvalue weighted by Gasteiger charge is -2.48. The molecule has 294 valence electrons. The highest BCUT2D eigenvalue weighted by Crippen LogP contribution is 2.47. The van der Waals surface area contributed by atoms with Crippen molar-refractivity contribution < 1.29 is 53.1 Å². The number of esters is 1. The summed E-state index contributed by atoms with van der Waals surface area (Å²) >= 11 is 0. The number of carbonyl (C=O) groups excluding carboxylic acids is 1. The fraction of sp³-hybridized carbons (Fsp3) is 0.725. The van der Waals surface area contributed by atoms with Crippen LogP contribution in [0.5, 0.6) is 0 Å². The van der Waals surface area contributed by atoms with Gasteiger partial charge in [-0.25, -0.2) is 0 Å². The molecule has 0 aromatic heterocycles. The molecule has 1 spiro atoms. The summed E-state index contributed by atoms with van der Waals surface area (Å²) in [5.41, 5.74) is 0.0191. The standard InChI is InChI=1S/C40H57NO12/c1-21(2)35-24(5)14-15-39(53-35)19-29-17-28(52-39)13-12-23(4)36(51-32-18-31(47-8)33(41(45)46)26(7)49-32)22(3)10-9-11-27-20-48-37-34(42)25(6)16-30(38(43)50-29)40(27,37)44/h9-12,14-16,21-22,24,26,28-37,42,44H,13,17-20H2,1-8H3/b10-9+,23-12+,27-11+/t22-,24-,26-,28+,29-,30-,31-,32-,33-,34+,35+,36-,37+,39+,40+/m0/s1. The Kier molecular flexibility index (Phi) is 11.9. The number of fused-ring (bicyclic) bond motifs is 2. The van der Waals surface area contributed by atoms with Gasteiger partial charge in [-0.2, -0.15) is 0 Å². The van der Waals surface area contributed by atoms with E-state index in [1.54, 1.807) is 32.1 Å². The highest BCUT2D eigenvalue weighted by atomic mass is 16.7. The Morgan fingerprint density at radius 2 is 1.81 bits per heavy atom. The first kappa shape index (κ1) is 39.9. The van der Waals surface area contributed by atoms with Gasteiger partial charge < -0.3 is 43.4 Å². The lowest BCUT2D eigenvalue weighted by molar-refractivity contribution is -0.557. The maximum absolute atomic E-state index is 14.2. The quantitative estimate of drug-likeness (QED) is 0.172. The van der Waals surface area contributed by atoms with E-state index in [9.17, 15) is 25.1 Å². The van der Waals surface area contributed by atoms with Crippen LogP contribution in [0.3, 0.4) is 0 Å². The Hall–Kier alpha value is -2.75. The van der Waals surface area contributed by atoms with Crippen LogP contribution in [0.1, 0.15) is 74.1 Å². The van der Waals surface area contributed by atoms with Crippen molar-refractivity contribution in [2.75, 3.05) is 13.7 Å². The second kappa shape index (κ2) is 15.8. The molecule has 6 aliphatic rings. The number of carbonyl (C=O) groups is 1. The first-order valence-electron chi connectivity index (χ1n) is 19.0. The molecule has 0 amide bonds. The predicted octanol–water partition coefficient (Wildman–Crippen LogP) is 4.74. The first-order chi connectivity index (χ1) is 25.1. The molecule has 6 rings (SSSR count). The van der Waals surface area contributed by atoms with E-state index >= 15 is 0 Å². The van der Waals surface area contributed by atoms with Crippen molar-refractivity contribution in [3.8, 4) is 0 Å². The third-order valence-electron chi connectivity index (χ3n) is 12.0. The second-order valence-corrected chi connectivity index (χ2v) is 16.2. The van der Waals surface area contributed by atoms with Gasteiger partial charge in [0.05, 0.1) is 24.9 Å². The summed E-state index contributed by atoms with van der Waals surface area (Å²) in [7, 11) is 1.46. The van der Waals surface area contributed by atoms with Crippen LogP contribution in [0, 0.1) is 33.8 Å². The van der Waals surface area contributed by atoms with E-state index in [1.165, 1.54) is 7.11 Å². The molecular formula is C40H57NO12. The third-order valence-corrected chi connectivity index (χ3v) is 12.0. The summed E-state index contributed by atoms with van der Waals surface area (Å²) < 4.78 is 44.0. The number of aliphatic hydroxyl groups is 2. The largest absolute Gasteiger partial charge is 0.462 e. The SMILES string of the molecule is CO[C@H]1C[C@H](O[C@@H]2/C(C)=C/C[C@@H]3C[C@@H](C[C@]4(C=C[C@H](C)[C@@H](C(C)C)O4)O3)OC(=O)[C@@H]3C=C(C)[C@@H](O)[C@H]4OC/C(=C\C=C\[C@@H]2C)[C@]43O)O[C@@H](C)[C@@H]1[N+](=O)[O-]. The maximum atomic E-state index is 14.2. The molecule has 15 atom stereocenters. The minimum atomic E-state index is -1.84. The molecular weight excluding hydrogens is 686 g/mol. The van der Waals surface area contributed by atoms with Crippen LogP contribution in [0.15, 0.2) is 59.3 Å². The number of methoxy groups -OCH3 is 1. The second-order valence-electron chi connectivity index (χ2n) is 16.2. The molecule has 5 aliphatic heterocycles. The molecule has 0 unspecified atom stereocenters. The zero-order valence-corrected chi connectivity index (χ0v) is 32.1. The van der Waals surface area contributed by atoms with Gasteiger partial charge in [0.1, 0.15) is 42.0 Å². The van der Waals surface area contributed by atoms with E-state index in [0.29, 0.717) is 24.0 Å². The molecule has 3 saturated heterocycles. The molecule has 53 heavy (non-hydrogen) atoms. The predicted molar refractivity (Wildman–Crippen MR) is 193 cm³/mol. The Balaban J connectivity index is 1.38. The highest BCUT2D eigenvalue weighted by molar-refractivity contribution is 5.78. The van der Waals surface area contributed by atoms with E-state index in [2.05, 4.69) is 32.9 Å². The summed E-state index contributed by atoms with van der Waals surface area (Å²) in [5, 5.41) is 35.3. The molecule has 0 radical (unpaired) electrons. The number of rotatable bonds is 5. The molecule has 2 bridgehead atoms. The Bertz CT molecular complexity index is 1540. The number of aliphatic hydroxyl groups excluding tert-OH is 1. The van der Waals surface area contributed by atoms with Crippen LogP contribution in [0.25, 0.3) is 0 Å². The van der Waals surface area contributed by atoms with Gasteiger partial charge in [0.25, 0.3) is 6.04 Å². The van der Waals surface area contributed by atoms with Crippen molar-refractivity contribution >= 4 is 5.97 Å². The molecule has 5 heterocycles. The monoisotopic (exact) mass is 743 g/mol. The zero-order valence-electron chi connectivity index (χ0n) is 32.1. The molecule has 3 fully saturated rings. The van der Waals surface area contributed by atoms with E-state index < -0.39 is 78.3 Å². The summed E-state index contributed by atoms with van der Waals surface area (Å²) in [6.07, 6.45) is 8.49. The van der Waals surface area contributed by atoms with Crippen molar-refractivity contribution in [1.82, 2.24) is 0 Å². The van der Waals surface area contributed by atoms with Crippen LogP contribution in [0.2, 0.25) is 0 Å². The van der Waals surface area contributed by atoms with Crippen LogP contribution in [-0.2, 0) is 38.0 Å². The van der Waals surface area contributed by atoms with E-state index in [4.69, 9.17) is 33.2 Å². The van der Waals surface area contributed by atoms with Gasteiger partial charge in [0.2, 0.25) is 0 Å². The summed E-state index contributed by atoms with van der Waals surface area (Å²) in [4.78, 5) is 25.6. The summed E-state index contributed by atoms with van der Waals surface area (Å²) in [6.45, 7) is 13.7. The molecule has 13 heteroatoms. The maximum Gasteiger partial charge on any atom is 0.316 e. The van der Waals surface area contributed by atoms with Crippen LogP contribution in [0.4, 0.5) is 0 Å². The van der Waals surface area contributed by atoms with E-state index in [1.807, 2.05) is 26.0 Å². The zero-order chi connectivity index (χ0) is 38.4. The van der Waals surface area contributed by atoms with Crippen molar-refractivity contribution in [3.05, 3.63) is 69.4 Å². The van der Waals surface area contributed by atoms with E-state index in [0.717, 1.165) is 5.57 Å². The highest BCUT2D eigenvalue weighted by Gasteiger charge is 2.60. The van der Waals surface area contributed by atoms with Crippen LogP contribution >= 0.6 is 0 Å². The topological polar surface area (TPSA) is 165 Å². The van der Waals surface area contributed by atoms with Gasteiger partial charge in [-0.3, -0.25) is 14.9 Å². The molecule has 0 saturated carbocycles. The summed E-state index contributed by atoms with van der Waals surface area (Å²) in [5.74, 6) is -2.71. The average molecular weight is 744 g/mol. The molecule has 0 aromatic rings. The number of allylic oxidation sites excluding steroid dienone is 2. The minimum Gasteiger partial charge on any atom is -0.462 e. The number of hydrogen-bond acceptors (Lipinski definition) is 12.